The van der Waals surface area contributed by atoms with Gasteiger partial charge in [-0.3, -0.25) is 14.4 Å². The first-order chi connectivity index (χ1) is 12.4. The Kier molecular flexibility index (Phi) is 5.32. The van der Waals surface area contributed by atoms with Gasteiger partial charge in [-0.25, -0.2) is 4.98 Å². The zero-order valence-corrected chi connectivity index (χ0v) is 15.1. The third kappa shape index (κ3) is 4.45. The van der Waals surface area contributed by atoms with E-state index in [4.69, 9.17) is 5.11 Å². The van der Waals surface area contributed by atoms with Crippen molar-refractivity contribution >= 4 is 34.3 Å². The Labute approximate surface area is 154 Å². The number of anilines is 1. The van der Waals surface area contributed by atoms with Crippen LogP contribution in [-0.4, -0.2) is 45.4 Å². The van der Waals surface area contributed by atoms with Gasteiger partial charge in [0.2, 0.25) is 5.91 Å². The van der Waals surface area contributed by atoms with Crippen LogP contribution in [0.5, 0.6) is 0 Å². The number of carboxylic acid groups (broad SMARTS) is 1. The Bertz CT molecular complexity index is 844. The molecule has 1 aromatic heterocycles. The molecule has 3 rings (SSSR count). The van der Waals surface area contributed by atoms with Crippen molar-refractivity contribution in [2.45, 2.75) is 32.2 Å². The quantitative estimate of drug-likeness (QED) is 0.776. The topological polar surface area (TPSA) is 99.6 Å². The molecule has 8 heteroatoms. The summed E-state index contributed by atoms with van der Waals surface area (Å²) in [6.07, 6.45) is 1.60. The van der Waals surface area contributed by atoms with Crippen molar-refractivity contribution in [3.63, 3.8) is 0 Å². The summed E-state index contributed by atoms with van der Waals surface area (Å²) in [7, 11) is 0. The molecule has 0 saturated heterocycles. The molecule has 2 aromatic rings. The van der Waals surface area contributed by atoms with Crippen molar-refractivity contribution < 1.29 is 19.5 Å². The number of benzene rings is 1. The van der Waals surface area contributed by atoms with Gasteiger partial charge >= 0.3 is 5.97 Å². The lowest BCUT2D eigenvalue weighted by molar-refractivity contribution is -0.136. The molecule has 1 aromatic carbocycles. The first kappa shape index (κ1) is 18.1. The minimum absolute atomic E-state index is 0.0499. The molecule has 2 N–H and O–H groups in total. The zero-order chi connectivity index (χ0) is 18.7. The van der Waals surface area contributed by atoms with Gasteiger partial charge in [-0.1, -0.05) is 18.2 Å². The second-order valence-electron chi connectivity index (χ2n) is 6.24. The molecule has 1 fully saturated rings. The van der Waals surface area contributed by atoms with E-state index in [0.29, 0.717) is 16.4 Å². The molecule has 0 bridgehead atoms. The van der Waals surface area contributed by atoms with Gasteiger partial charge in [0.05, 0.1) is 12.1 Å². The van der Waals surface area contributed by atoms with Gasteiger partial charge in [-0.05, 0) is 31.4 Å². The molecule has 0 spiro atoms. The van der Waals surface area contributed by atoms with E-state index in [1.807, 2.05) is 25.1 Å². The van der Waals surface area contributed by atoms with Crippen LogP contribution in [0, 0.1) is 6.92 Å². The number of aliphatic carboxylic acids is 1. The fourth-order valence-electron chi connectivity index (χ4n) is 2.63. The summed E-state index contributed by atoms with van der Waals surface area (Å²) in [5, 5.41) is 13.4. The van der Waals surface area contributed by atoms with Crippen LogP contribution in [0.2, 0.25) is 0 Å². The van der Waals surface area contributed by atoms with Crippen LogP contribution in [-0.2, 0) is 16.0 Å². The van der Waals surface area contributed by atoms with Crippen molar-refractivity contribution in [2.75, 3.05) is 11.9 Å². The molecule has 0 radical (unpaired) electrons. The fourth-order valence-corrected chi connectivity index (χ4v) is 3.36. The van der Waals surface area contributed by atoms with E-state index in [-0.39, 0.29) is 30.8 Å². The van der Waals surface area contributed by atoms with E-state index in [2.05, 4.69) is 10.3 Å². The van der Waals surface area contributed by atoms with E-state index in [0.717, 1.165) is 18.4 Å². The van der Waals surface area contributed by atoms with Gasteiger partial charge < -0.3 is 15.3 Å². The number of thiazole rings is 1. The first-order valence-electron chi connectivity index (χ1n) is 8.26. The minimum atomic E-state index is -0.975. The molecule has 26 heavy (non-hydrogen) atoms. The summed E-state index contributed by atoms with van der Waals surface area (Å²) in [5.74, 6) is -1.46. The number of carbonyl (C=O) groups excluding carboxylic acids is 2. The van der Waals surface area contributed by atoms with Gasteiger partial charge in [-0.15, -0.1) is 11.3 Å². The molecule has 7 nitrogen and oxygen atoms in total. The predicted octanol–water partition coefficient (Wildman–Crippen LogP) is 2.32. The highest BCUT2D eigenvalue weighted by Gasteiger charge is 2.34. The molecule has 2 amide bonds. The summed E-state index contributed by atoms with van der Waals surface area (Å²) in [6, 6.07) is 7.41. The van der Waals surface area contributed by atoms with Crippen LogP contribution in [0.25, 0.3) is 0 Å². The van der Waals surface area contributed by atoms with Crippen molar-refractivity contribution in [1.82, 2.24) is 9.88 Å². The first-order valence-corrected chi connectivity index (χ1v) is 9.14. The highest BCUT2D eigenvalue weighted by atomic mass is 32.1. The summed E-state index contributed by atoms with van der Waals surface area (Å²) >= 11 is 1.17. The van der Waals surface area contributed by atoms with Crippen molar-refractivity contribution in [3.05, 3.63) is 46.5 Å². The number of rotatable bonds is 7. The Morgan fingerprint density at radius 3 is 2.69 bits per heavy atom. The van der Waals surface area contributed by atoms with E-state index < -0.39 is 5.97 Å². The monoisotopic (exact) mass is 373 g/mol. The molecular weight excluding hydrogens is 354 g/mol. The average Bonchev–Trinajstić information content (AvgIpc) is 3.34. The van der Waals surface area contributed by atoms with Crippen LogP contribution >= 0.6 is 11.3 Å². The van der Waals surface area contributed by atoms with Crippen LogP contribution in [0.1, 0.15) is 34.5 Å². The molecule has 136 valence electrons. The normalized spacial score (nSPS) is 13.3. The molecule has 0 aliphatic heterocycles. The molecule has 1 saturated carbocycles. The number of amides is 2. The van der Waals surface area contributed by atoms with E-state index in [1.165, 1.54) is 11.3 Å². The number of aromatic nitrogens is 1. The smallest absolute Gasteiger partial charge is 0.309 e. The van der Waals surface area contributed by atoms with Crippen molar-refractivity contribution in [1.29, 1.82) is 0 Å². The number of carbonyl (C=O) groups is 3. The van der Waals surface area contributed by atoms with Crippen LogP contribution in [0.3, 0.4) is 0 Å². The number of hydrogen-bond acceptors (Lipinski definition) is 5. The zero-order valence-electron chi connectivity index (χ0n) is 14.3. The number of aryl methyl sites for hydroxylation is 1. The minimum Gasteiger partial charge on any atom is -0.481 e. The molecule has 0 unspecified atom stereocenters. The van der Waals surface area contributed by atoms with Crippen molar-refractivity contribution in [2.24, 2.45) is 0 Å². The number of carboxylic acids is 1. The lowest BCUT2D eigenvalue weighted by Gasteiger charge is -2.22. The maximum Gasteiger partial charge on any atom is 0.309 e. The van der Waals surface area contributed by atoms with Crippen LogP contribution < -0.4 is 5.32 Å². The van der Waals surface area contributed by atoms with Crippen LogP contribution in [0.4, 0.5) is 5.13 Å². The largest absolute Gasteiger partial charge is 0.481 e. The maximum atomic E-state index is 12.8. The van der Waals surface area contributed by atoms with E-state index in [1.54, 1.807) is 16.3 Å². The van der Waals surface area contributed by atoms with Gasteiger partial charge in [0.15, 0.2) is 5.13 Å². The third-order valence-electron chi connectivity index (χ3n) is 4.07. The van der Waals surface area contributed by atoms with Crippen LogP contribution in [0.15, 0.2) is 29.6 Å². The fraction of sp³-hybridized carbons (Fsp3) is 0.333. The van der Waals surface area contributed by atoms with Gasteiger partial charge in [0, 0.05) is 17.0 Å². The van der Waals surface area contributed by atoms with E-state index in [9.17, 15) is 14.4 Å². The Balaban J connectivity index is 1.66. The lowest BCUT2D eigenvalue weighted by atomic mass is 10.1. The SMILES string of the molecule is Cc1ccccc1C(=O)N(CC(=O)Nc1nc(CC(=O)O)cs1)C1CC1. The molecule has 1 heterocycles. The standard InChI is InChI=1S/C18H19N3O4S/c1-11-4-2-3-5-14(11)17(25)21(13-6-7-13)9-15(22)20-18-19-12(10-26-18)8-16(23)24/h2-5,10,13H,6-9H2,1H3,(H,23,24)(H,19,20,22). The molecular formula is C18H19N3O4S. The van der Waals surface area contributed by atoms with Gasteiger partial charge in [0.1, 0.15) is 6.54 Å². The average molecular weight is 373 g/mol. The molecule has 1 aliphatic carbocycles. The summed E-state index contributed by atoms with van der Waals surface area (Å²) in [5.41, 5.74) is 1.87. The molecule has 1 aliphatic rings. The number of nitrogens with zero attached hydrogens (tertiary/aromatic N) is 2. The van der Waals surface area contributed by atoms with Crippen molar-refractivity contribution in [3.8, 4) is 0 Å². The van der Waals surface area contributed by atoms with E-state index >= 15 is 0 Å². The highest BCUT2D eigenvalue weighted by Crippen LogP contribution is 2.29. The molecule has 0 atom stereocenters. The predicted molar refractivity (Wildman–Crippen MR) is 97.3 cm³/mol. The number of hydrogen-bond donors (Lipinski definition) is 2. The Hall–Kier alpha value is -2.74. The Morgan fingerprint density at radius 1 is 1.31 bits per heavy atom. The summed E-state index contributed by atoms with van der Waals surface area (Å²) in [6.45, 7) is 1.82. The summed E-state index contributed by atoms with van der Waals surface area (Å²) < 4.78 is 0. The highest BCUT2D eigenvalue weighted by molar-refractivity contribution is 7.13. The second kappa shape index (κ2) is 7.65. The number of nitrogens with one attached hydrogen (secondary N) is 1. The third-order valence-corrected chi connectivity index (χ3v) is 4.87. The van der Waals surface area contributed by atoms with Gasteiger partial charge in [-0.2, -0.15) is 0 Å². The van der Waals surface area contributed by atoms with Gasteiger partial charge in [0.25, 0.3) is 5.91 Å². The second-order valence-corrected chi connectivity index (χ2v) is 7.10. The Morgan fingerprint density at radius 2 is 2.04 bits per heavy atom. The maximum absolute atomic E-state index is 12.8. The summed E-state index contributed by atoms with van der Waals surface area (Å²) in [4.78, 5) is 41.6. The lowest BCUT2D eigenvalue weighted by Crippen LogP contribution is -2.39.